The fourth-order valence-corrected chi connectivity index (χ4v) is 2.20. The summed E-state index contributed by atoms with van der Waals surface area (Å²) in [5.74, 6) is -0.890. The van der Waals surface area contributed by atoms with Crippen LogP contribution in [0.25, 0.3) is 11.0 Å². The molecule has 0 aliphatic rings. The maximum absolute atomic E-state index is 13.7. The number of imidazole rings is 1. The Hall–Kier alpha value is -2.73. The Balaban J connectivity index is 2.03. The standard InChI is InChI=1S/C15H12FN3O2/c16-12-4-2-1-3-11(12)8-19-9-17-13-6-5-10(7-14(13)19)15(20)18-21/h1-7,9,21H,8H2,(H,18,20). The molecule has 3 rings (SSSR count). The van der Waals surface area contributed by atoms with Crippen molar-refractivity contribution in [2.24, 2.45) is 0 Å². The van der Waals surface area contributed by atoms with Crippen LogP contribution >= 0.6 is 0 Å². The monoisotopic (exact) mass is 285 g/mol. The molecule has 0 bridgehead atoms. The highest BCUT2D eigenvalue weighted by Gasteiger charge is 2.10. The van der Waals surface area contributed by atoms with Gasteiger partial charge in [0.05, 0.1) is 23.9 Å². The van der Waals surface area contributed by atoms with Crippen LogP contribution in [-0.2, 0) is 6.54 Å². The molecule has 2 aromatic carbocycles. The van der Waals surface area contributed by atoms with E-state index in [-0.39, 0.29) is 5.82 Å². The summed E-state index contributed by atoms with van der Waals surface area (Å²) in [5, 5.41) is 8.68. The fraction of sp³-hybridized carbons (Fsp3) is 0.0667. The average molecular weight is 285 g/mol. The highest BCUT2D eigenvalue weighted by Crippen LogP contribution is 2.17. The van der Waals surface area contributed by atoms with Gasteiger partial charge in [-0.3, -0.25) is 10.0 Å². The fourth-order valence-electron chi connectivity index (χ4n) is 2.20. The first-order valence-corrected chi connectivity index (χ1v) is 6.32. The van der Waals surface area contributed by atoms with E-state index in [2.05, 4.69) is 4.98 Å². The van der Waals surface area contributed by atoms with Gasteiger partial charge in [0, 0.05) is 11.1 Å². The number of fused-ring (bicyclic) bond motifs is 1. The van der Waals surface area contributed by atoms with Crippen LogP contribution < -0.4 is 5.48 Å². The first-order chi connectivity index (χ1) is 10.2. The van der Waals surface area contributed by atoms with Crippen molar-refractivity contribution in [3.63, 3.8) is 0 Å². The quantitative estimate of drug-likeness (QED) is 0.573. The molecular formula is C15H12FN3O2. The topological polar surface area (TPSA) is 67.2 Å². The Morgan fingerprint density at radius 2 is 2.10 bits per heavy atom. The van der Waals surface area contributed by atoms with Crippen molar-refractivity contribution in [3.05, 3.63) is 65.7 Å². The number of rotatable bonds is 3. The molecule has 0 spiro atoms. The molecule has 0 unspecified atom stereocenters. The minimum absolute atomic E-state index is 0.288. The highest BCUT2D eigenvalue weighted by atomic mass is 19.1. The lowest BCUT2D eigenvalue weighted by atomic mass is 10.1. The summed E-state index contributed by atoms with van der Waals surface area (Å²) in [4.78, 5) is 15.7. The molecular weight excluding hydrogens is 273 g/mol. The van der Waals surface area contributed by atoms with Crippen LogP contribution in [0.5, 0.6) is 0 Å². The van der Waals surface area contributed by atoms with Gasteiger partial charge in [0.1, 0.15) is 5.82 Å². The van der Waals surface area contributed by atoms with Crippen molar-refractivity contribution in [3.8, 4) is 0 Å². The number of hydroxylamine groups is 1. The number of amides is 1. The van der Waals surface area contributed by atoms with Gasteiger partial charge in [-0.25, -0.2) is 14.9 Å². The second kappa shape index (κ2) is 5.34. The molecule has 0 saturated heterocycles. The zero-order valence-electron chi connectivity index (χ0n) is 11.0. The molecule has 0 fully saturated rings. The van der Waals surface area contributed by atoms with E-state index in [9.17, 15) is 9.18 Å². The molecule has 0 radical (unpaired) electrons. The maximum atomic E-state index is 13.7. The minimum atomic E-state index is -0.601. The van der Waals surface area contributed by atoms with Gasteiger partial charge in [0.15, 0.2) is 0 Å². The SMILES string of the molecule is O=C(NO)c1ccc2ncn(Cc3ccccc3F)c2c1. The normalized spacial score (nSPS) is 10.8. The van der Waals surface area contributed by atoms with E-state index in [1.54, 1.807) is 52.8 Å². The summed E-state index contributed by atoms with van der Waals surface area (Å²) in [6.45, 7) is 0.313. The molecule has 0 aliphatic heterocycles. The number of carbonyl (C=O) groups is 1. The highest BCUT2D eigenvalue weighted by molar-refractivity contribution is 5.96. The minimum Gasteiger partial charge on any atom is -0.326 e. The molecule has 1 aromatic heterocycles. The molecule has 3 aromatic rings. The molecule has 0 atom stereocenters. The van der Waals surface area contributed by atoms with Gasteiger partial charge in [-0.15, -0.1) is 0 Å². The van der Waals surface area contributed by atoms with Crippen molar-refractivity contribution in [2.45, 2.75) is 6.54 Å². The average Bonchev–Trinajstić information content (AvgIpc) is 2.91. The maximum Gasteiger partial charge on any atom is 0.274 e. The van der Waals surface area contributed by atoms with Gasteiger partial charge in [-0.05, 0) is 24.3 Å². The van der Waals surface area contributed by atoms with Crippen LogP contribution in [-0.4, -0.2) is 20.7 Å². The number of nitrogens with one attached hydrogen (secondary N) is 1. The van der Waals surface area contributed by atoms with E-state index in [0.717, 1.165) is 0 Å². The smallest absolute Gasteiger partial charge is 0.274 e. The Labute approximate surface area is 119 Å². The van der Waals surface area contributed by atoms with E-state index >= 15 is 0 Å². The third-order valence-electron chi connectivity index (χ3n) is 3.28. The third kappa shape index (κ3) is 2.48. The number of hydrogen-bond donors (Lipinski definition) is 2. The Bertz CT molecular complexity index is 814. The van der Waals surface area contributed by atoms with Crippen molar-refractivity contribution < 1.29 is 14.4 Å². The molecule has 5 nitrogen and oxygen atoms in total. The number of halogens is 1. The summed E-state index contributed by atoms with van der Waals surface area (Å²) < 4.78 is 15.5. The predicted molar refractivity (Wildman–Crippen MR) is 74.5 cm³/mol. The Morgan fingerprint density at radius 1 is 1.29 bits per heavy atom. The Kier molecular flexibility index (Phi) is 3.37. The lowest BCUT2D eigenvalue weighted by molar-refractivity contribution is 0.0706. The molecule has 106 valence electrons. The van der Waals surface area contributed by atoms with Crippen molar-refractivity contribution in [1.29, 1.82) is 0 Å². The van der Waals surface area contributed by atoms with Crippen LogP contribution in [0.15, 0.2) is 48.8 Å². The van der Waals surface area contributed by atoms with Crippen LogP contribution in [0.1, 0.15) is 15.9 Å². The van der Waals surface area contributed by atoms with Crippen LogP contribution in [0.4, 0.5) is 4.39 Å². The molecule has 6 heteroatoms. The van der Waals surface area contributed by atoms with E-state index in [1.807, 2.05) is 0 Å². The van der Waals surface area contributed by atoms with E-state index in [0.29, 0.717) is 28.7 Å². The van der Waals surface area contributed by atoms with Gasteiger partial charge in [0.25, 0.3) is 5.91 Å². The van der Waals surface area contributed by atoms with Gasteiger partial charge in [-0.1, -0.05) is 18.2 Å². The first-order valence-electron chi connectivity index (χ1n) is 6.32. The lowest BCUT2D eigenvalue weighted by Gasteiger charge is -2.06. The summed E-state index contributed by atoms with van der Waals surface area (Å²) in [6.07, 6.45) is 1.59. The second-order valence-electron chi connectivity index (χ2n) is 4.61. The summed E-state index contributed by atoms with van der Waals surface area (Å²) in [6, 6.07) is 11.3. The van der Waals surface area contributed by atoms with Gasteiger partial charge < -0.3 is 4.57 Å². The second-order valence-corrected chi connectivity index (χ2v) is 4.61. The van der Waals surface area contributed by atoms with E-state index in [1.165, 1.54) is 6.07 Å². The van der Waals surface area contributed by atoms with Crippen molar-refractivity contribution >= 4 is 16.9 Å². The molecule has 0 aliphatic carbocycles. The molecule has 1 amide bonds. The van der Waals surface area contributed by atoms with Crippen LogP contribution in [0.3, 0.4) is 0 Å². The molecule has 21 heavy (non-hydrogen) atoms. The number of aromatic nitrogens is 2. The predicted octanol–water partition coefficient (Wildman–Crippen LogP) is 2.34. The Morgan fingerprint density at radius 3 is 2.86 bits per heavy atom. The lowest BCUT2D eigenvalue weighted by Crippen LogP contribution is -2.18. The zero-order valence-corrected chi connectivity index (χ0v) is 11.0. The van der Waals surface area contributed by atoms with E-state index in [4.69, 9.17) is 5.21 Å². The first kappa shape index (κ1) is 13.3. The molecule has 1 heterocycles. The van der Waals surface area contributed by atoms with Crippen LogP contribution in [0, 0.1) is 5.82 Å². The summed E-state index contributed by atoms with van der Waals surface area (Å²) in [5.41, 5.74) is 3.82. The molecule has 0 saturated carbocycles. The van der Waals surface area contributed by atoms with Crippen molar-refractivity contribution in [2.75, 3.05) is 0 Å². The largest absolute Gasteiger partial charge is 0.326 e. The summed E-state index contributed by atoms with van der Waals surface area (Å²) in [7, 11) is 0. The van der Waals surface area contributed by atoms with Gasteiger partial charge >= 0.3 is 0 Å². The molecule has 2 N–H and O–H groups in total. The van der Waals surface area contributed by atoms with Gasteiger partial charge in [-0.2, -0.15) is 0 Å². The van der Waals surface area contributed by atoms with Gasteiger partial charge in [0.2, 0.25) is 0 Å². The summed E-state index contributed by atoms with van der Waals surface area (Å²) >= 11 is 0. The van der Waals surface area contributed by atoms with E-state index < -0.39 is 5.91 Å². The third-order valence-corrected chi connectivity index (χ3v) is 3.28. The van der Waals surface area contributed by atoms with Crippen molar-refractivity contribution in [1.82, 2.24) is 15.0 Å². The zero-order chi connectivity index (χ0) is 14.8. The number of nitrogens with zero attached hydrogens (tertiary/aromatic N) is 2. The number of benzene rings is 2. The number of hydrogen-bond acceptors (Lipinski definition) is 3. The number of carbonyl (C=O) groups excluding carboxylic acids is 1. The van der Waals surface area contributed by atoms with Crippen LogP contribution in [0.2, 0.25) is 0 Å².